The molecule has 0 radical (unpaired) electrons. The fourth-order valence-electron chi connectivity index (χ4n) is 5.11. The molecule has 0 spiro atoms. The van der Waals surface area contributed by atoms with Gasteiger partial charge in [0.2, 0.25) is 0 Å². The lowest BCUT2D eigenvalue weighted by Gasteiger charge is -2.40. The number of halogens is 1. The van der Waals surface area contributed by atoms with Crippen LogP contribution in [0.1, 0.15) is 60.3 Å². The van der Waals surface area contributed by atoms with E-state index in [1.165, 1.54) is 11.1 Å². The summed E-state index contributed by atoms with van der Waals surface area (Å²) < 4.78 is 0. The second kappa shape index (κ2) is 8.32. The van der Waals surface area contributed by atoms with E-state index in [4.69, 9.17) is 21.7 Å². The monoisotopic (exact) mass is 442 g/mol. The minimum atomic E-state index is -0.700. The Labute approximate surface area is 188 Å². The molecular weight excluding hydrogens is 412 g/mol. The van der Waals surface area contributed by atoms with E-state index >= 15 is 0 Å². The normalized spacial score (nSPS) is 20.0. The van der Waals surface area contributed by atoms with Gasteiger partial charge in [0.15, 0.2) is 0 Å². The average molecular weight is 443 g/mol. The number of hydrogen-bond donors (Lipinski definition) is 2. The zero-order valence-corrected chi connectivity index (χ0v) is 19.7. The van der Waals surface area contributed by atoms with Crippen molar-refractivity contribution < 1.29 is 9.90 Å². The van der Waals surface area contributed by atoms with Gasteiger partial charge in [-0.25, -0.2) is 4.99 Å². The summed E-state index contributed by atoms with van der Waals surface area (Å²) >= 11 is 6.30. The fourth-order valence-corrected chi connectivity index (χ4v) is 5.44. The number of nitrogens with one attached hydrogen (secondary N) is 1. The van der Waals surface area contributed by atoms with Crippen LogP contribution in [0.4, 0.5) is 11.5 Å². The van der Waals surface area contributed by atoms with Crippen LogP contribution in [0.3, 0.4) is 0 Å². The average Bonchev–Trinajstić information content (AvgIpc) is 2.97. The third-order valence-corrected chi connectivity index (χ3v) is 7.00. The predicted molar refractivity (Wildman–Crippen MR) is 126 cm³/mol. The maximum atomic E-state index is 11.1. The number of nitrogens with zero attached hydrogens (tertiary/aromatic N) is 3. The van der Waals surface area contributed by atoms with Gasteiger partial charge in [-0.2, -0.15) is 0 Å². The topological polar surface area (TPSA) is 71.9 Å². The molecule has 0 saturated carbocycles. The number of H-pyrrole nitrogens is 1. The summed E-state index contributed by atoms with van der Waals surface area (Å²) in [4.78, 5) is 24.5. The molecule has 4 rings (SSSR count). The standard InChI is InChI=1S/C24H31ClN4O2/c1-13-10-19(25)11-14(2)22(13)29-17(5)27-23(21-15(3)16(4)26-24(21)29)28-8-6-18(7-9-28)12-20(30)31/h10-11,18,23,26H,6-9,12H2,1-5H3,(H,30,31). The number of anilines is 2. The van der Waals surface area contributed by atoms with E-state index in [-0.39, 0.29) is 18.5 Å². The van der Waals surface area contributed by atoms with Gasteiger partial charge in [0, 0.05) is 35.8 Å². The number of carbonyl (C=O) groups is 1. The first-order chi connectivity index (χ1) is 14.7. The van der Waals surface area contributed by atoms with Gasteiger partial charge >= 0.3 is 5.97 Å². The molecule has 1 aromatic heterocycles. The zero-order chi connectivity index (χ0) is 22.4. The van der Waals surface area contributed by atoms with E-state index in [1.54, 1.807) is 0 Å². The highest BCUT2D eigenvalue weighted by Gasteiger charge is 2.36. The second-order valence-corrected chi connectivity index (χ2v) is 9.42. The lowest BCUT2D eigenvalue weighted by molar-refractivity contribution is -0.138. The minimum Gasteiger partial charge on any atom is -0.481 e. The third kappa shape index (κ3) is 3.99. The number of aromatic amines is 1. The number of aliphatic carboxylic acids is 1. The van der Waals surface area contributed by atoms with Crippen LogP contribution in [-0.4, -0.2) is 39.9 Å². The van der Waals surface area contributed by atoms with Crippen molar-refractivity contribution in [3.8, 4) is 0 Å². The number of aryl methyl sites for hydroxylation is 3. The summed E-state index contributed by atoms with van der Waals surface area (Å²) in [5, 5.41) is 9.87. The van der Waals surface area contributed by atoms with Crippen LogP contribution in [0.15, 0.2) is 17.1 Å². The van der Waals surface area contributed by atoms with Gasteiger partial charge < -0.3 is 10.1 Å². The highest BCUT2D eigenvalue weighted by molar-refractivity contribution is 6.31. The fraction of sp³-hybridized carbons (Fsp3) is 0.500. The number of hydrogen-bond acceptors (Lipinski definition) is 4. The van der Waals surface area contributed by atoms with E-state index in [1.807, 2.05) is 12.1 Å². The van der Waals surface area contributed by atoms with Gasteiger partial charge in [0.05, 0.1) is 5.69 Å². The molecular formula is C24H31ClN4O2. The van der Waals surface area contributed by atoms with Gasteiger partial charge in [-0.3, -0.25) is 14.6 Å². The van der Waals surface area contributed by atoms with E-state index in [0.29, 0.717) is 0 Å². The summed E-state index contributed by atoms with van der Waals surface area (Å²) in [6.45, 7) is 12.2. The Balaban J connectivity index is 1.72. The quantitative estimate of drug-likeness (QED) is 0.641. The van der Waals surface area contributed by atoms with Crippen LogP contribution in [0.5, 0.6) is 0 Å². The van der Waals surface area contributed by atoms with Crippen molar-refractivity contribution in [2.45, 2.75) is 60.0 Å². The number of aliphatic imine (C=N–C) groups is 1. The van der Waals surface area contributed by atoms with E-state index in [0.717, 1.165) is 65.1 Å². The first-order valence-electron chi connectivity index (χ1n) is 10.9. The van der Waals surface area contributed by atoms with E-state index in [9.17, 15) is 4.79 Å². The van der Waals surface area contributed by atoms with Crippen LogP contribution in [0, 0.1) is 33.6 Å². The number of benzene rings is 1. The molecule has 1 aromatic carbocycles. The molecule has 2 aliphatic heterocycles. The van der Waals surface area contributed by atoms with Crippen LogP contribution < -0.4 is 4.90 Å². The van der Waals surface area contributed by atoms with Gasteiger partial charge in [0.1, 0.15) is 17.8 Å². The Morgan fingerprint density at radius 1 is 1.16 bits per heavy atom. The largest absolute Gasteiger partial charge is 0.481 e. The molecule has 2 aliphatic rings. The molecule has 166 valence electrons. The summed E-state index contributed by atoms with van der Waals surface area (Å²) in [5.41, 5.74) is 6.94. The van der Waals surface area contributed by atoms with E-state index < -0.39 is 5.97 Å². The Kier molecular flexibility index (Phi) is 5.88. The Morgan fingerprint density at radius 3 is 2.35 bits per heavy atom. The summed E-state index contributed by atoms with van der Waals surface area (Å²) in [6.07, 6.45) is 2.01. The lowest BCUT2D eigenvalue weighted by Crippen LogP contribution is -2.40. The first kappa shape index (κ1) is 21.9. The van der Waals surface area contributed by atoms with Crippen molar-refractivity contribution in [2.24, 2.45) is 10.9 Å². The van der Waals surface area contributed by atoms with Crippen molar-refractivity contribution in [3.05, 3.63) is 45.1 Å². The number of amidine groups is 1. The van der Waals surface area contributed by atoms with Crippen molar-refractivity contribution in [2.75, 3.05) is 18.0 Å². The molecule has 2 N–H and O–H groups in total. The smallest absolute Gasteiger partial charge is 0.303 e. The van der Waals surface area contributed by atoms with Crippen LogP contribution in [0.2, 0.25) is 5.02 Å². The molecule has 7 heteroatoms. The van der Waals surface area contributed by atoms with Gasteiger partial charge in [-0.15, -0.1) is 0 Å². The number of carboxylic acids is 1. The van der Waals surface area contributed by atoms with E-state index in [2.05, 4.69) is 49.4 Å². The Hall–Kier alpha value is -2.31. The number of aromatic nitrogens is 1. The Bertz CT molecular complexity index is 1030. The van der Waals surface area contributed by atoms with Gasteiger partial charge in [0.25, 0.3) is 0 Å². The highest BCUT2D eigenvalue weighted by atomic mass is 35.5. The molecule has 0 amide bonds. The Morgan fingerprint density at radius 2 is 1.77 bits per heavy atom. The predicted octanol–water partition coefficient (Wildman–Crippen LogP) is 5.66. The molecule has 0 bridgehead atoms. The van der Waals surface area contributed by atoms with Crippen molar-refractivity contribution in [3.63, 3.8) is 0 Å². The number of likely N-dealkylation sites (tertiary alicyclic amines) is 1. The van der Waals surface area contributed by atoms with Crippen LogP contribution in [0.25, 0.3) is 0 Å². The highest BCUT2D eigenvalue weighted by Crippen LogP contribution is 2.45. The number of piperidine rings is 1. The molecule has 1 unspecified atom stereocenters. The lowest BCUT2D eigenvalue weighted by atomic mass is 9.92. The number of carboxylic acid groups (broad SMARTS) is 1. The third-order valence-electron chi connectivity index (χ3n) is 6.78. The van der Waals surface area contributed by atoms with Crippen molar-refractivity contribution in [1.29, 1.82) is 0 Å². The summed E-state index contributed by atoms with van der Waals surface area (Å²) in [6, 6.07) is 4.00. The summed E-state index contributed by atoms with van der Waals surface area (Å²) in [5.74, 6) is 1.58. The van der Waals surface area contributed by atoms with Crippen molar-refractivity contribution in [1.82, 2.24) is 9.88 Å². The second-order valence-electron chi connectivity index (χ2n) is 8.99. The van der Waals surface area contributed by atoms with Crippen LogP contribution in [-0.2, 0) is 4.79 Å². The van der Waals surface area contributed by atoms with Gasteiger partial charge in [-0.1, -0.05) is 11.6 Å². The van der Waals surface area contributed by atoms with Crippen LogP contribution >= 0.6 is 11.6 Å². The SMILES string of the molecule is CC1=NC(N2CCC(CC(=O)O)CC2)c2c([nH]c(C)c2C)N1c1c(C)cc(Cl)cc1C. The van der Waals surface area contributed by atoms with Gasteiger partial charge in [-0.05, 0) is 82.2 Å². The maximum absolute atomic E-state index is 11.1. The molecule has 2 aromatic rings. The number of fused-ring (bicyclic) bond motifs is 1. The zero-order valence-electron chi connectivity index (χ0n) is 18.9. The molecule has 1 saturated heterocycles. The first-order valence-corrected chi connectivity index (χ1v) is 11.3. The minimum absolute atomic E-state index is 0.0464. The molecule has 31 heavy (non-hydrogen) atoms. The molecule has 3 heterocycles. The molecule has 1 fully saturated rings. The molecule has 1 atom stereocenters. The van der Waals surface area contributed by atoms with Crippen molar-refractivity contribution >= 4 is 34.9 Å². The molecule has 0 aliphatic carbocycles. The number of rotatable bonds is 4. The maximum Gasteiger partial charge on any atom is 0.303 e. The molecule has 6 nitrogen and oxygen atoms in total. The summed E-state index contributed by atoms with van der Waals surface area (Å²) in [7, 11) is 0.